The van der Waals surface area contributed by atoms with E-state index in [0.29, 0.717) is 10.8 Å². The lowest BCUT2D eigenvalue weighted by Gasteiger charge is -2.12. The van der Waals surface area contributed by atoms with Crippen molar-refractivity contribution in [1.29, 1.82) is 0 Å². The summed E-state index contributed by atoms with van der Waals surface area (Å²) in [6.07, 6.45) is 0.800. The molecule has 0 amide bonds. The van der Waals surface area contributed by atoms with Crippen LogP contribution < -0.4 is 14.8 Å². The van der Waals surface area contributed by atoms with Crippen LogP contribution in [0.5, 0.6) is 17.2 Å². The summed E-state index contributed by atoms with van der Waals surface area (Å²) in [5.74, 6) is 1.69. The zero-order valence-corrected chi connectivity index (χ0v) is 13.5. The molecule has 0 aliphatic heterocycles. The molecule has 0 bridgehead atoms. The minimum Gasteiger partial charge on any atom is -0.508 e. The molecule has 5 heteroatoms. The lowest BCUT2D eigenvalue weighted by Crippen LogP contribution is -2.17. The van der Waals surface area contributed by atoms with Gasteiger partial charge in [0.1, 0.15) is 17.2 Å². The number of phenols is 1. The molecular formula is C17H20ClNO3. The van der Waals surface area contributed by atoms with Crippen LogP contribution in [0.3, 0.4) is 0 Å². The molecule has 0 saturated heterocycles. The third kappa shape index (κ3) is 4.29. The Morgan fingerprint density at radius 1 is 1.05 bits per heavy atom. The van der Waals surface area contributed by atoms with Crippen molar-refractivity contribution in [2.24, 2.45) is 0 Å². The maximum atomic E-state index is 9.25. The van der Waals surface area contributed by atoms with Crippen LogP contribution in [-0.4, -0.2) is 25.9 Å². The van der Waals surface area contributed by atoms with Gasteiger partial charge in [-0.3, -0.25) is 0 Å². The zero-order chi connectivity index (χ0) is 15.9. The molecule has 0 unspecified atom stereocenters. The standard InChI is InChI=1S/C17H20ClNO3/c1-21-16-10-15(18)17(22-2)9-13(16)7-8-19-11-12-3-5-14(20)6-4-12/h3-6,9-10,19-20H,7-8,11H2,1-2H3. The number of phenolic OH excluding ortho intramolecular Hbond substituents is 1. The topological polar surface area (TPSA) is 50.7 Å². The van der Waals surface area contributed by atoms with Gasteiger partial charge in [-0.2, -0.15) is 0 Å². The molecule has 2 aromatic rings. The second-order valence-corrected chi connectivity index (χ2v) is 5.30. The fraction of sp³-hybridized carbons (Fsp3) is 0.294. The molecule has 0 heterocycles. The largest absolute Gasteiger partial charge is 0.508 e. The predicted octanol–water partition coefficient (Wildman–Crippen LogP) is 3.40. The quantitative estimate of drug-likeness (QED) is 0.767. The van der Waals surface area contributed by atoms with Crippen LogP contribution in [0.4, 0.5) is 0 Å². The lowest BCUT2D eigenvalue weighted by molar-refractivity contribution is 0.398. The van der Waals surface area contributed by atoms with Crippen molar-refractivity contribution in [2.45, 2.75) is 13.0 Å². The molecule has 2 aromatic carbocycles. The lowest BCUT2D eigenvalue weighted by atomic mass is 10.1. The number of aromatic hydroxyl groups is 1. The molecule has 2 N–H and O–H groups in total. The Hall–Kier alpha value is -1.91. The molecule has 0 radical (unpaired) electrons. The average Bonchev–Trinajstić information content (AvgIpc) is 2.53. The van der Waals surface area contributed by atoms with Crippen molar-refractivity contribution < 1.29 is 14.6 Å². The summed E-state index contributed by atoms with van der Waals surface area (Å²) in [5.41, 5.74) is 2.17. The van der Waals surface area contributed by atoms with E-state index in [-0.39, 0.29) is 5.75 Å². The molecule has 0 fully saturated rings. The monoisotopic (exact) mass is 321 g/mol. The normalized spacial score (nSPS) is 10.5. The molecule has 22 heavy (non-hydrogen) atoms. The van der Waals surface area contributed by atoms with E-state index in [0.717, 1.165) is 36.4 Å². The van der Waals surface area contributed by atoms with Gasteiger partial charge in [0.25, 0.3) is 0 Å². The SMILES string of the molecule is COc1cc(CCNCc2ccc(O)cc2)c(OC)cc1Cl. The molecule has 2 rings (SSSR count). The Morgan fingerprint density at radius 3 is 2.36 bits per heavy atom. The van der Waals surface area contributed by atoms with Crippen molar-refractivity contribution in [2.75, 3.05) is 20.8 Å². The number of ether oxygens (including phenoxy) is 2. The van der Waals surface area contributed by atoms with Crippen LogP contribution in [0.15, 0.2) is 36.4 Å². The van der Waals surface area contributed by atoms with Crippen LogP contribution in [0.1, 0.15) is 11.1 Å². The van der Waals surface area contributed by atoms with E-state index in [1.165, 1.54) is 0 Å². The highest BCUT2D eigenvalue weighted by molar-refractivity contribution is 6.32. The van der Waals surface area contributed by atoms with Crippen molar-refractivity contribution >= 4 is 11.6 Å². The Bertz CT molecular complexity index is 614. The number of rotatable bonds is 7. The van der Waals surface area contributed by atoms with Crippen LogP contribution in [0.2, 0.25) is 5.02 Å². The van der Waals surface area contributed by atoms with E-state index in [1.807, 2.05) is 18.2 Å². The van der Waals surface area contributed by atoms with Crippen molar-refractivity contribution in [3.63, 3.8) is 0 Å². The average molecular weight is 322 g/mol. The van der Waals surface area contributed by atoms with Crippen molar-refractivity contribution in [3.05, 3.63) is 52.5 Å². The second-order valence-electron chi connectivity index (χ2n) is 4.89. The smallest absolute Gasteiger partial charge is 0.137 e. The number of nitrogens with one attached hydrogen (secondary N) is 1. The molecule has 0 atom stereocenters. The van der Waals surface area contributed by atoms with E-state index in [9.17, 15) is 5.11 Å². The highest BCUT2D eigenvalue weighted by Gasteiger charge is 2.09. The Labute approximate surface area is 135 Å². The summed E-state index contributed by atoms with van der Waals surface area (Å²) in [7, 11) is 3.23. The maximum absolute atomic E-state index is 9.25. The number of methoxy groups -OCH3 is 2. The van der Waals surface area contributed by atoms with Crippen LogP contribution in [-0.2, 0) is 13.0 Å². The molecule has 0 aliphatic rings. The van der Waals surface area contributed by atoms with Crippen LogP contribution in [0.25, 0.3) is 0 Å². The zero-order valence-electron chi connectivity index (χ0n) is 12.7. The molecule has 0 spiro atoms. The summed E-state index contributed by atoms with van der Waals surface area (Å²) in [5, 5.41) is 13.2. The van der Waals surface area contributed by atoms with E-state index in [4.69, 9.17) is 21.1 Å². The number of hydrogen-bond acceptors (Lipinski definition) is 4. The maximum Gasteiger partial charge on any atom is 0.137 e. The second kappa shape index (κ2) is 7.92. The third-order valence-corrected chi connectivity index (χ3v) is 3.69. The summed E-state index contributed by atoms with van der Waals surface area (Å²) in [4.78, 5) is 0. The van der Waals surface area contributed by atoms with Gasteiger partial charge in [0.2, 0.25) is 0 Å². The predicted molar refractivity (Wildman–Crippen MR) is 88.1 cm³/mol. The molecule has 0 aromatic heterocycles. The molecule has 118 valence electrons. The van der Waals surface area contributed by atoms with Gasteiger partial charge in [-0.15, -0.1) is 0 Å². The Kier molecular flexibility index (Phi) is 5.92. The van der Waals surface area contributed by atoms with Crippen LogP contribution >= 0.6 is 11.6 Å². The summed E-state index contributed by atoms with van der Waals surface area (Å²) < 4.78 is 10.6. The first-order valence-corrected chi connectivity index (χ1v) is 7.41. The van der Waals surface area contributed by atoms with E-state index in [1.54, 1.807) is 32.4 Å². The van der Waals surface area contributed by atoms with E-state index < -0.39 is 0 Å². The van der Waals surface area contributed by atoms with E-state index in [2.05, 4.69) is 5.32 Å². The van der Waals surface area contributed by atoms with Gasteiger partial charge in [0.15, 0.2) is 0 Å². The fourth-order valence-corrected chi connectivity index (χ4v) is 2.42. The highest BCUT2D eigenvalue weighted by Crippen LogP contribution is 2.32. The van der Waals surface area contributed by atoms with Gasteiger partial charge in [-0.1, -0.05) is 23.7 Å². The molecule has 4 nitrogen and oxygen atoms in total. The molecule has 0 aliphatic carbocycles. The fourth-order valence-electron chi connectivity index (χ4n) is 2.19. The highest BCUT2D eigenvalue weighted by atomic mass is 35.5. The first-order valence-electron chi connectivity index (χ1n) is 7.03. The number of halogens is 1. The summed E-state index contributed by atoms with van der Waals surface area (Å²) >= 11 is 6.09. The minimum atomic E-state index is 0.279. The first-order chi connectivity index (χ1) is 10.6. The van der Waals surface area contributed by atoms with Crippen LogP contribution in [0, 0.1) is 0 Å². The first kappa shape index (κ1) is 16.5. The minimum absolute atomic E-state index is 0.279. The molecular weight excluding hydrogens is 302 g/mol. The summed E-state index contributed by atoms with van der Waals surface area (Å²) in [6, 6.07) is 10.8. The van der Waals surface area contributed by atoms with Gasteiger partial charge in [-0.05, 0) is 42.3 Å². The van der Waals surface area contributed by atoms with Gasteiger partial charge in [0.05, 0.1) is 19.2 Å². The Balaban J connectivity index is 1.92. The van der Waals surface area contributed by atoms with E-state index >= 15 is 0 Å². The Morgan fingerprint density at radius 2 is 1.73 bits per heavy atom. The number of benzene rings is 2. The number of hydrogen-bond donors (Lipinski definition) is 2. The molecule has 0 saturated carbocycles. The van der Waals surface area contributed by atoms with Crippen molar-refractivity contribution in [1.82, 2.24) is 5.32 Å². The van der Waals surface area contributed by atoms with Gasteiger partial charge < -0.3 is 19.9 Å². The van der Waals surface area contributed by atoms with Crippen molar-refractivity contribution in [3.8, 4) is 17.2 Å². The van der Waals surface area contributed by atoms with Gasteiger partial charge in [0, 0.05) is 12.6 Å². The van der Waals surface area contributed by atoms with Gasteiger partial charge in [-0.25, -0.2) is 0 Å². The third-order valence-electron chi connectivity index (χ3n) is 3.39. The van der Waals surface area contributed by atoms with Gasteiger partial charge >= 0.3 is 0 Å². The summed E-state index contributed by atoms with van der Waals surface area (Å²) in [6.45, 7) is 1.54.